The number of carboxylic acids is 1. The summed E-state index contributed by atoms with van der Waals surface area (Å²) in [7, 11) is 1.72. The first-order valence-electron chi connectivity index (χ1n) is 4.32. The molecule has 3 nitrogen and oxygen atoms in total. The van der Waals surface area contributed by atoms with Gasteiger partial charge in [0.25, 0.3) is 0 Å². The van der Waals surface area contributed by atoms with E-state index in [-0.39, 0.29) is 11.1 Å². The summed E-state index contributed by atoms with van der Waals surface area (Å²) in [5, 5.41) is 11.4. The van der Waals surface area contributed by atoms with Gasteiger partial charge in [-0.05, 0) is 19.2 Å². The van der Waals surface area contributed by atoms with Gasteiger partial charge in [0.05, 0.1) is 17.7 Å². The standard InChI is InChI=1S/C11H10FNO2/c1-13-7-3-5-8-4-2-6-9(10(8)12)11(14)15/h2,4,6,13H,7H2,1H3,(H,14,15). The highest BCUT2D eigenvalue weighted by atomic mass is 19.1. The molecule has 0 aromatic heterocycles. The molecule has 0 radical (unpaired) electrons. The molecule has 0 unspecified atom stereocenters. The Kier molecular flexibility index (Phi) is 3.83. The molecule has 0 aliphatic rings. The maximum absolute atomic E-state index is 13.4. The van der Waals surface area contributed by atoms with Gasteiger partial charge in [-0.3, -0.25) is 0 Å². The van der Waals surface area contributed by atoms with Gasteiger partial charge in [0.1, 0.15) is 0 Å². The second-order valence-electron chi connectivity index (χ2n) is 2.80. The van der Waals surface area contributed by atoms with Crippen molar-refractivity contribution in [3.05, 3.63) is 35.1 Å². The number of aromatic carboxylic acids is 1. The fourth-order valence-electron chi connectivity index (χ4n) is 1.02. The van der Waals surface area contributed by atoms with Crippen LogP contribution in [-0.2, 0) is 0 Å². The van der Waals surface area contributed by atoms with Crippen molar-refractivity contribution in [1.29, 1.82) is 0 Å². The van der Waals surface area contributed by atoms with Crippen LogP contribution < -0.4 is 5.32 Å². The number of halogens is 1. The zero-order valence-electron chi connectivity index (χ0n) is 8.17. The lowest BCUT2D eigenvalue weighted by molar-refractivity contribution is 0.0692. The van der Waals surface area contributed by atoms with E-state index in [1.165, 1.54) is 18.2 Å². The topological polar surface area (TPSA) is 49.3 Å². The monoisotopic (exact) mass is 207 g/mol. The Labute approximate surface area is 86.9 Å². The van der Waals surface area contributed by atoms with E-state index >= 15 is 0 Å². The summed E-state index contributed by atoms with van der Waals surface area (Å²) in [6.07, 6.45) is 0. The first kappa shape index (κ1) is 11.2. The minimum absolute atomic E-state index is 0.102. The molecule has 1 rings (SSSR count). The van der Waals surface area contributed by atoms with Crippen LogP contribution in [0.15, 0.2) is 18.2 Å². The lowest BCUT2D eigenvalue weighted by atomic mass is 10.1. The van der Waals surface area contributed by atoms with Crippen LogP contribution in [0.3, 0.4) is 0 Å². The van der Waals surface area contributed by atoms with Gasteiger partial charge in [-0.1, -0.05) is 17.9 Å². The van der Waals surface area contributed by atoms with Crippen molar-refractivity contribution in [2.24, 2.45) is 0 Å². The van der Waals surface area contributed by atoms with Gasteiger partial charge in [-0.15, -0.1) is 0 Å². The molecule has 78 valence electrons. The number of nitrogens with one attached hydrogen (secondary N) is 1. The van der Waals surface area contributed by atoms with E-state index in [2.05, 4.69) is 17.2 Å². The predicted octanol–water partition coefficient (Wildman–Crippen LogP) is 1.09. The van der Waals surface area contributed by atoms with Crippen molar-refractivity contribution in [1.82, 2.24) is 5.32 Å². The van der Waals surface area contributed by atoms with Crippen molar-refractivity contribution >= 4 is 5.97 Å². The van der Waals surface area contributed by atoms with Crippen LogP contribution in [0.2, 0.25) is 0 Å². The summed E-state index contributed by atoms with van der Waals surface area (Å²) in [6, 6.07) is 4.13. The largest absolute Gasteiger partial charge is 0.478 e. The minimum Gasteiger partial charge on any atom is -0.478 e. The third-order valence-electron chi connectivity index (χ3n) is 1.72. The first-order valence-corrected chi connectivity index (χ1v) is 4.32. The van der Waals surface area contributed by atoms with Gasteiger partial charge in [0, 0.05) is 0 Å². The molecule has 0 saturated carbocycles. The summed E-state index contributed by atoms with van der Waals surface area (Å²) in [5.74, 6) is 3.15. The number of benzene rings is 1. The Balaban J connectivity index is 3.06. The van der Waals surface area contributed by atoms with E-state index in [0.29, 0.717) is 6.54 Å². The van der Waals surface area contributed by atoms with Gasteiger partial charge in [-0.2, -0.15) is 0 Å². The smallest absolute Gasteiger partial charge is 0.338 e. The molecular weight excluding hydrogens is 197 g/mol. The van der Waals surface area contributed by atoms with Gasteiger partial charge in [-0.25, -0.2) is 9.18 Å². The summed E-state index contributed by atoms with van der Waals surface area (Å²) < 4.78 is 13.4. The number of rotatable bonds is 2. The van der Waals surface area contributed by atoms with Crippen LogP contribution in [0.4, 0.5) is 4.39 Å². The SMILES string of the molecule is CNCC#Cc1cccc(C(=O)O)c1F. The van der Waals surface area contributed by atoms with Crippen LogP contribution >= 0.6 is 0 Å². The average Bonchev–Trinajstić information content (AvgIpc) is 2.20. The summed E-state index contributed by atoms with van der Waals surface area (Å²) >= 11 is 0. The molecular formula is C11H10FNO2. The normalized spacial score (nSPS) is 9.20. The van der Waals surface area contributed by atoms with Crippen molar-refractivity contribution in [2.75, 3.05) is 13.6 Å². The first-order chi connectivity index (χ1) is 7.16. The fourth-order valence-corrected chi connectivity index (χ4v) is 1.02. The molecule has 0 amide bonds. The van der Waals surface area contributed by atoms with E-state index in [4.69, 9.17) is 5.11 Å². The Morgan fingerprint density at radius 3 is 2.93 bits per heavy atom. The van der Waals surface area contributed by atoms with Crippen LogP contribution in [-0.4, -0.2) is 24.7 Å². The summed E-state index contributed by atoms with van der Waals surface area (Å²) in [6.45, 7) is 0.427. The van der Waals surface area contributed by atoms with Crippen molar-refractivity contribution in [3.63, 3.8) is 0 Å². The minimum atomic E-state index is -1.29. The molecule has 0 saturated heterocycles. The maximum Gasteiger partial charge on any atom is 0.338 e. The third-order valence-corrected chi connectivity index (χ3v) is 1.72. The maximum atomic E-state index is 13.4. The third kappa shape index (κ3) is 2.79. The van der Waals surface area contributed by atoms with E-state index in [1.54, 1.807) is 7.05 Å². The van der Waals surface area contributed by atoms with Gasteiger partial charge < -0.3 is 10.4 Å². The van der Waals surface area contributed by atoms with E-state index in [9.17, 15) is 9.18 Å². The molecule has 0 spiro atoms. The summed E-state index contributed by atoms with van der Waals surface area (Å²) in [5.41, 5.74) is -0.253. The van der Waals surface area contributed by atoms with Crippen molar-refractivity contribution in [2.45, 2.75) is 0 Å². The highest BCUT2D eigenvalue weighted by Gasteiger charge is 2.11. The lowest BCUT2D eigenvalue weighted by Crippen LogP contribution is -2.05. The van der Waals surface area contributed by atoms with Crippen LogP contribution in [0.5, 0.6) is 0 Å². The molecule has 1 aromatic rings. The second-order valence-corrected chi connectivity index (χ2v) is 2.80. The zero-order valence-corrected chi connectivity index (χ0v) is 8.17. The van der Waals surface area contributed by atoms with Gasteiger partial charge in [0.2, 0.25) is 0 Å². The molecule has 1 aromatic carbocycles. The molecule has 0 fully saturated rings. The summed E-state index contributed by atoms with van der Waals surface area (Å²) in [4.78, 5) is 10.6. The lowest BCUT2D eigenvalue weighted by Gasteiger charge is -1.98. The predicted molar refractivity (Wildman–Crippen MR) is 54.2 cm³/mol. The molecule has 0 aliphatic carbocycles. The van der Waals surface area contributed by atoms with Crippen LogP contribution in [0, 0.1) is 17.7 Å². The Morgan fingerprint density at radius 2 is 2.33 bits per heavy atom. The fraction of sp³-hybridized carbons (Fsp3) is 0.182. The Morgan fingerprint density at radius 1 is 1.60 bits per heavy atom. The molecule has 0 bridgehead atoms. The molecule has 15 heavy (non-hydrogen) atoms. The van der Waals surface area contributed by atoms with E-state index in [0.717, 1.165) is 0 Å². The van der Waals surface area contributed by atoms with Gasteiger partial charge in [0.15, 0.2) is 5.82 Å². The number of hydrogen-bond acceptors (Lipinski definition) is 2. The van der Waals surface area contributed by atoms with Crippen molar-refractivity contribution in [3.8, 4) is 11.8 Å². The number of carboxylic acid groups (broad SMARTS) is 1. The van der Waals surface area contributed by atoms with Crippen LogP contribution in [0.25, 0.3) is 0 Å². The van der Waals surface area contributed by atoms with E-state index < -0.39 is 11.8 Å². The van der Waals surface area contributed by atoms with Crippen LogP contribution in [0.1, 0.15) is 15.9 Å². The average molecular weight is 207 g/mol. The zero-order chi connectivity index (χ0) is 11.3. The Hall–Kier alpha value is -1.86. The highest BCUT2D eigenvalue weighted by Crippen LogP contribution is 2.11. The second kappa shape index (κ2) is 5.13. The van der Waals surface area contributed by atoms with E-state index in [1.807, 2.05) is 0 Å². The molecule has 2 N–H and O–H groups in total. The van der Waals surface area contributed by atoms with Crippen molar-refractivity contribution < 1.29 is 14.3 Å². The Bertz CT molecular complexity index is 432. The molecule has 0 heterocycles. The quantitative estimate of drug-likeness (QED) is 0.714. The molecule has 0 atom stereocenters. The number of hydrogen-bond donors (Lipinski definition) is 2. The molecule has 0 aliphatic heterocycles. The number of carbonyl (C=O) groups is 1. The van der Waals surface area contributed by atoms with Gasteiger partial charge >= 0.3 is 5.97 Å². The highest BCUT2D eigenvalue weighted by molar-refractivity contribution is 5.88. The molecule has 4 heteroatoms.